The molecule has 0 aromatic rings. The van der Waals surface area contributed by atoms with Crippen LogP contribution in [0.4, 0.5) is 4.79 Å². The number of hydrogen-bond acceptors (Lipinski definition) is 4. The molecule has 110 valence electrons. The molecule has 1 amide bonds. The Hall–Kier alpha value is -1.30. The molecule has 0 bridgehead atoms. The van der Waals surface area contributed by atoms with Crippen LogP contribution in [0.25, 0.3) is 0 Å². The standard InChI is InChI=1S/C13H23NO5/c1-12(2,3)19-11(18)14-8-13(10(16)17)6-4-9(15)5-7-13/h9,15H,4-8H2,1-3H3,(H,14,18)(H,16,17). The van der Waals surface area contributed by atoms with Gasteiger partial charge in [-0.2, -0.15) is 0 Å². The third kappa shape index (κ3) is 4.70. The fraction of sp³-hybridized carbons (Fsp3) is 0.846. The van der Waals surface area contributed by atoms with Crippen molar-refractivity contribution in [2.75, 3.05) is 6.54 Å². The van der Waals surface area contributed by atoms with Crippen LogP contribution in [0.2, 0.25) is 0 Å². The van der Waals surface area contributed by atoms with Gasteiger partial charge in [-0.25, -0.2) is 4.79 Å². The molecule has 3 N–H and O–H groups in total. The Kier molecular flexibility index (Phi) is 4.79. The Morgan fingerprint density at radius 2 is 1.84 bits per heavy atom. The highest BCUT2D eigenvalue weighted by Gasteiger charge is 2.42. The first-order chi connectivity index (χ1) is 8.65. The summed E-state index contributed by atoms with van der Waals surface area (Å²) in [6, 6.07) is 0. The van der Waals surface area contributed by atoms with Crippen molar-refractivity contribution in [3.05, 3.63) is 0 Å². The maximum atomic E-state index is 11.6. The van der Waals surface area contributed by atoms with Crippen molar-refractivity contribution in [1.29, 1.82) is 0 Å². The molecule has 1 fully saturated rings. The number of carboxylic acids is 1. The van der Waals surface area contributed by atoms with Gasteiger partial charge in [-0.3, -0.25) is 4.79 Å². The number of carbonyl (C=O) groups excluding carboxylic acids is 1. The molecular formula is C13H23NO5. The number of alkyl carbamates (subject to hydrolysis) is 1. The lowest BCUT2D eigenvalue weighted by molar-refractivity contribution is -0.151. The highest BCUT2D eigenvalue weighted by Crippen LogP contribution is 2.36. The van der Waals surface area contributed by atoms with Crippen LogP contribution in [0.5, 0.6) is 0 Å². The summed E-state index contributed by atoms with van der Waals surface area (Å²) in [4.78, 5) is 23.0. The molecule has 1 aliphatic rings. The molecule has 6 nitrogen and oxygen atoms in total. The molecule has 0 saturated heterocycles. The van der Waals surface area contributed by atoms with Crippen LogP contribution in [0.15, 0.2) is 0 Å². The van der Waals surface area contributed by atoms with Gasteiger partial charge in [-0.1, -0.05) is 0 Å². The topological polar surface area (TPSA) is 95.9 Å². The van der Waals surface area contributed by atoms with Crippen molar-refractivity contribution < 1.29 is 24.5 Å². The number of aliphatic hydroxyl groups excluding tert-OH is 1. The van der Waals surface area contributed by atoms with Crippen LogP contribution in [0.1, 0.15) is 46.5 Å². The van der Waals surface area contributed by atoms with Gasteiger partial charge >= 0.3 is 12.1 Å². The lowest BCUT2D eigenvalue weighted by Crippen LogP contribution is -2.47. The number of aliphatic hydroxyl groups is 1. The summed E-state index contributed by atoms with van der Waals surface area (Å²) in [6.45, 7) is 5.27. The van der Waals surface area contributed by atoms with Crippen molar-refractivity contribution in [3.8, 4) is 0 Å². The van der Waals surface area contributed by atoms with E-state index in [1.165, 1.54) is 0 Å². The molecule has 0 unspecified atom stereocenters. The Balaban J connectivity index is 2.56. The average Bonchev–Trinajstić information content (AvgIpc) is 2.26. The van der Waals surface area contributed by atoms with E-state index in [2.05, 4.69) is 5.32 Å². The van der Waals surface area contributed by atoms with Gasteiger partial charge in [0.15, 0.2) is 0 Å². The minimum atomic E-state index is -0.990. The second-order valence-corrected chi connectivity index (χ2v) is 6.17. The number of carboxylic acid groups (broad SMARTS) is 1. The van der Waals surface area contributed by atoms with Gasteiger partial charge in [0.1, 0.15) is 5.60 Å². The Labute approximate surface area is 113 Å². The van der Waals surface area contributed by atoms with Gasteiger partial charge in [0, 0.05) is 6.54 Å². The average molecular weight is 273 g/mol. The van der Waals surface area contributed by atoms with Crippen molar-refractivity contribution in [2.24, 2.45) is 5.41 Å². The quantitative estimate of drug-likeness (QED) is 0.724. The second kappa shape index (κ2) is 5.77. The highest BCUT2D eigenvalue weighted by atomic mass is 16.6. The fourth-order valence-electron chi connectivity index (χ4n) is 2.18. The maximum Gasteiger partial charge on any atom is 0.407 e. The fourth-order valence-corrected chi connectivity index (χ4v) is 2.18. The number of aliphatic carboxylic acids is 1. The van der Waals surface area contributed by atoms with Crippen LogP contribution < -0.4 is 5.32 Å². The molecule has 0 aliphatic heterocycles. The van der Waals surface area contributed by atoms with Crippen molar-refractivity contribution in [2.45, 2.75) is 58.2 Å². The first-order valence-electron chi connectivity index (χ1n) is 6.53. The van der Waals surface area contributed by atoms with Gasteiger partial charge in [0.2, 0.25) is 0 Å². The monoisotopic (exact) mass is 273 g/mol. The Morgan fingerprint density at radius 1 is 1.32 bits per heavy atom. The van der Waals surface area contributed by atoms with E-state index in [0.717, 1.165) is 0 Å². The summed E-state index contributed by atoms with van der Waals surface area (Å²) in [7, 11) is 0. The van der Waals surface area contributed by atoms with Crippen LogP contribution in [0.3, 0.4) is 0 Å². The number of rotatable bonds is 3. The van der Waals surface area contributed by atoms with Crippen molar-refractivity contribution >= 4 is 12.1 Å². The van der Waals surface area contributed by atoms with Crippen LogP contribution in [0, 0.1) is 5.41 Å². The first kappa shape index (κ1) is 15.8. The molecule has 19 heavy (non-hydrogen) atoms. The SMILES string of the molecule is CC(C)(C)OC(=O)NCC1(C(=O)O)CCC(O)CC1. The van der Waals surface area contributed by atoms with Gasteiger partial charge in [-0.05, 0) is 46.5 Å². The molecule has 0 aromatic heterocycles. The summed E-state index contributed by atoms with van der Waals surface area (Å²) in [5.74, 6) is -0.935. The molecular weight excluding hydrogens is 250 g/mol. The zero-order valence-electron chi connectivity index (χ0n) is 11.7. The lowest BCUT2D eigenvalue weighted by atomic mass is 9.73. The van der Waals surface area contributed by atoms with Crippen LogP contribution in [-0.4, -0.2) is 40.5 Å². The third-order valence-corrected chi connectivity index (χ3v) is 3.34. The van der Waals surface area contributed by atoms with E-state index in [-0.39, 0.29) is 6.54 Å². The highest BCUT2D eigenvalue weighted by molar-refractivity contribution is 5.76. The first-order valence-corrected chi connectivity index (χ1v) is 6.53. The van der Waals surface area contributed by atoms with Gasteiger partial charge < -0.3 is 20.3 Å². The minimum Gasteiger partial charge on any atom is -0.481 e. The minimum absolute atomic E-state index is 0.0317. The number of ether oxygens (including phenoxy) is 1. The van der Waals surface area contributed by atoms with Gasteiger partial charge in [0.05, 0.1) is 11.5 Å². The van der Waals surface area contributed by atoms with Crippen molar-refractivity contribution in [1.82, 2.24) is 5.32 Å². The molecule has 1 aliphatic carbocycles. The molecule has 0 aromatic carbocycles. The summed E-state index contributed by atoms with van der Waals surface area (Å²) in [5.41, 5.74) is -1.60. The maximum absolute atomic E-state index is 11.6. The summed E-state index contributed by atoms with van der Waals surface area (Å²) >= 11 is 0. The smallest absolute Gasteiger partial charge is 0.407 e. The van der Waals surface area contributed by atoms with E-state index in [9.17, 15) is 19.8 Å². The zero-order valence-corrected chi connectivity index (χ0v) is 11.7. The molecule has 1 saturated carbocycles. The lowest BCUT2D eigenvalue weighted by Gasteiger charge is -2.35. The summed E-state index contributed by atoms with van der Waals surface area (Å²) in [6.07, 6.45) is 0.566. The molecule has 1 rings (SSSR count). The predicted octanol–water partition coefficient (Wildman–Crippen LogP) is 1.52. The van der Waals surface area contributed by atoms with Crippen LogP contribution >= 0.6 is 0 Å². The normalized spacial score (nSPS) is 27.7. The summed E-state index contributed by atoms with van der Waals surface area (Å²) < 4.78 is 5.08. The van der Waals surface area contributed by atoms with E-state index in [1.54, 1.807) is 20.8 Å². The number of hydrogen-bond donors (Lipinski definition) is 3. The molecule has 0 radical (unpaired) electrons. The van der Waals surface area contributed by atoms with E-state index in [4.69, 9.17) is 4.74 Å². The summed E-state index contributed by atoms with van der Waals surface area (Å²) in [5, 5.41) is 21.3. The van der Waals surface area contributed by atoms with E-state index in [1.807, 2.05) is 0 Å². The number of amides is 1. The number of nitrogens with one attached hydrogen (secondary N) is 1. The predicted molar refractivity (Wildman–Crippen MR) is 68.8 cm³/mol. The number of carbonyl (C=O) groups is 2. The van der Waals surface area contributed by atoms with Crippen molar-refractivity contribution in [3.63, 3.8) is 0 Å². The third-order valence-electron chi connectivity index (χ3n) is 3.34. The molecule has 6 heteroatoms. The molecule has 0 atom stereocenters. The molecule has 0 heterocycles. The zero-order chi connectivity index (χ0) is 14.7. The molecule has 0 spiro atoms. The van der Waals surface area contributed by atoms with Gasteiger partial charge in [0.25, 0.3) is 0 Å². The Bertz CT molecular complexity index is 339. The van der Waals surface area contributed by atoms with Crippen LogP contribution in [-0.2, 0) is 9.53 Å². The second-order valence-electron chi connectivity index (χ2n) is 6.17. The van der Waals surface area contributed by atoms with E-state index < -0.39 is 29.2 Å². The van der Waals surface area contributed by atoms with E-state index >= 15 is 0 Å². The Morgan fingerprint density at radius 3 is 2.26 bits per heavy atom. The van der Waals surface area contributed by atoms with E-state index in [0.29, 0.717) is 25.7 Å². The van der Waals surface area contributed by atoms with Gasteiger partial charge in [-0.15, -0.1) is 0 Å². The largest absolute Gasteiger partial charge is 0.481 e.